The largest absolute Gasteiger partial charge is 0.357 e. The zero-order valence-corrected chi connectivity index (χ0v) is 20.0. The molecule has 11 heteroatoms. The molecule has 0 aliphatic heterocycles. The Labute approximate surface area is 184 Å². The maximum atomic E-state index is 12.1. The number of sulfonamides is 1. The Morgan fingerprint density at radius 1 is 1.35 bits per heavy atom. The first kappa shape index (κ1) is 23.6. The van der Waals surface area contributed by atoms with Gasteiger partial charge in [-0.25, -0.2) is 13.1 Å². The Balaban J connectivity index is 0.00000338. The van der Waals surface area contributed by atoms with Gasteiger partial charge in [0.25, 0.3) is 0 Å². The van der Waals surface area contributed by atoms with Crippen molar-refractivity contribution >= 4 is 74.2 Å². The van der Waals surface area contributed by atoms with Crippen molar-refractivity contribution in [1.29, 1.82) is 0 Å². The van der Waals surface area contributed by atoms with E-state index in [-0.39, 0.29) is 30.5 Å². The summed E-state index contributed by atoms with van der Waals surface area (Å²) in [7, 11) is -1.51. The summed E-state index contributed by atoms with van der Waals surface area (Å²) < 4.78 is 27.7. The Morgan fingerprint density at radius 3 is 2.69 bits per heavy atom. The van der Waals surface area contributed by atoms with E-state index in [1.165, 1.54) is 22.7 Å². The van der Waals surface area contributed by atoms with Crippen LogP contribution in [0.4, 0.5) is 0 Å². The summed E-state index contributed by atoms with van der Waals surface area (Å²) in [6.45, 7) is 4.00. The van der Waals surface area contributed by atoms with E-state index in [0.717, 1.165) is 21.7 Å². The highest BCUT2D eigenvalue weighted by Gasteiger charge is 2.14. The van der Waals surface area contributed by atoms with E-state index >= 15 is 0 Å². The maximum Gasteiger partial charge on any atom is 0.250 e. The van der Waals surface area contributed by atoms with Crippen LogP contribution in [0.2, 0.25) is 4.34 Å². The minimum atomic E-state index is -3.44. The Bertz CT molecular complexity index is 794. The van der Waals surface area contributed by atoms with Gasteiger partial charge in [0.15, 0.2) is 5.96 Å². The molecule has 2 aromatic rings. The lowest BCUT2D eigenvalue weighted by Crippen LogP contribution is -2.39. The van der Waals surface area contributed by atoms with Gasteiger partial charge in [-0.2, -0.15) is 0 Å². The average Bonchev–Trinajstić information content (AvgIpc) is 3.22. The minimum Gasteiger partial charge on any atom is -0.357 e. The lowest BCUT2D eigenvalue weighted by Gasteiger charge is -2.21. The summed E-state index contributed by atoms with van der Waals surface area (Å²) in [6, 6.07) is 7.16. The third-order valence-electron chi connectivity index (χ3n) is 3.14. The van der Waals surface area contributed by atoms with Crippen molar-refractivity contribution < 1.29 is 8.42 Å². The van der Waals surface area contributed by atoms with Crippen LogP contribution in [-0.4, -0.2) is 46.0 Å². The molecule has 0 bridgehead atoms. The summed E-state index contributed by atoms with van der Waals surface area (Å²) in [6.07, 6.45) is 0. The van der Waals surface area contributed by atoms with Crippen LogP contribution in [0.3, 0.4) is 0 Å². The Kier molecular flexibility index (Phi) is 10.4. The SMILES string of the molecule is CCNC(=NCCNS(=O)(=O)c1cccs1)N(C)Cc1ccc(Cl)s1.I. The second-order valence-electron chi connectivity index (χ2n) is 5.13. The zero-order chi connectivity index (χ0) is 18.3. The lowest BCUT2D eigenvalue weighted by atomic mass is 10.4. The lowest BCUT2D eigenvalue weighted by molar-refractivity contribution is 0.481. The van der Waals surface area contributed by atoms with Crippen LogP contribution in [0.15, 0.2) is 38.8 Å². The van der Waals surface area contributed by atoms with Gasteiger partial charge in [-0.15, -0.1) is 46.7 Å². The average molecular weight is 549 g/mol. The van der Waals surface area contributed by atoms with Crippen molar-refractivity contribution in [2.45, 2.75) is 17.7 Å². The van der Waals surface area contributed by atoms with Crippen molar-refractivity contribution in [1.82, 2.24) is 14.9 Å². The molecule has 2 N–H and O–H groups in total. The Morgan fingerprint density at radius 2 is 2.12 bits per heavy atom. The fourth-order valence-corrected chi connectivity index (χ4v) is 5.24. The van der Waals surface area contributed by atoms with Crippen molar-refractivity contribution in [3.63, 3.8) is 0 Å². The summed E-state index contributed by atoms with van der Waals surface area (Å²) in [4.78, 5) is 7.60. The van der Waals surface area contributed by atoms with Crippen LogP contribution in [0.25, 0.3) is 0 Å². The number of rotatable bonds is 8. The number of halogens is 2. The highest BCUT2D eigenvalue weighted by molar-refractivity contribution is 14.0. The monoisotopic (exact) mass is 548 g/mol. The molecule has 0 spiro atoms. The molecule has 0 fully saturated rings. The van der Waals surface area contributed by atoms with Crippen molar-refractivity contribution in [2.24, 2.45) is 4.99 Å². The summed E-state index contributed by atoms with van der Waals surface area (Å²) in [5.41, 5.74) is 0. The molecular weight excluding hydrogens is 527 g/mol. The molecule has 6 nitrogen and oxygen atoms in total. The van der Waals surface area contributed by atoms with Crippen LogP contribution in [0, 0.1) is 0 Å². The van der Waals surface area contributed by atoms with Crippen LogP contribution in [-0.2, 0) is 16.6 Å². The van der Waals surface area contributed by atoms with Gasteiger partial charge in [-0.1, -0.05) is 17.7 Å². The summed E-state index contributed by atoms with van der Waals surface area (Å²) in [5.74, 6) is 0.724. The fraction of sp³-hybridized carbons (Fsp3) is 0.400. The van der Waals surface area contributed by atoms with Crippen LogP contribution in [0.5, 0.6) is 0 Å². The van der Waals surface area contributed by atoms with Gasteiger partial charge in [0.05, 0.1) is 17.4 Å². The number of guanidine groups is 1. The molecule has 2 heterocycles. The molecule has 0 amide bonds. The molecule has 0 atom stereocenters. The predicted molar refractivity (Wildman–Crippen MR) is 122 cm³/mol. The van der Waals surface area contributed by atoms with Crippen molar-refractivity contribution in [3.8, 4) is 0 Å². The van der Waals surface area contributed by atoms with E-state index in [1.54, 1.807) is 17.5 Å². The van der Waals surface area contributed by atoms with Gasteiger partial charge in [-0.05, 0) is 30.5 Å². The van der Waals surface area contributed by atoms with E-state index in [0.29, 0.717) is 17.3 Å². The second kappa shape index (κ2) is 11.4. The second-order valence-corrected chi connectivity index (χ2v) is 9.87. The van der Waals surface area contributed by atoms with E-state index in [2.05, 4.69) is 15.0 Å². The number of hydrogen-bond acceptors (Lipinski definition) is 5. The quantitative estimate of drug-likeness (QED) is 0.229. The highest BCUT2D eigenvalue weighted by atomic mass is 127. The van der Waals surface area contributed by atoms with Crippen LogP contribution < -0.4 is 10.0 Å². The van der Waals surface area contributed by atoms with Gasteiger partial charge in [0.1, 0.15) is 4.21 Å². The maximum absolute atomic E-state index is 12.1. The first-order valence-electron chi connectivity index (χ1n) is 7.69. The molecule has 0 aliphatic rings. The highest BCUT2D eigenvalue weighted by Crippen LogP contribution is 2.22. The van der Waals surface area contributed by atoms with Gasteiger partial charge in [0.2, 0.25) is 10.0 Å². The number of hydrogen-bond donors (Lipinski definition) is 2. The van der Waals surface area contributed by atoms with Crippen LogP contribution >= 0.6 is 58.3 Å². The molecule has 0 aliphatic carbocycles. The fourth-order valence-electron chi connectivity index (χ4n) is 2.04. The minimum absolute atomic E-state index is 0. The standard InChI is InChI=1S/C15H21ClN4O2S3.HI/c1-3-17-15(20(2)11-12-6-7-13(16)24-12)18-8-9-19-25(21,22)14-5-4-10-23-14;/h4-7,10,19H,3,8-9,11H2,1-2H3,(H,17,18);1H. The van der Waals surface area contributed by atoms with E-state index in [1.807, 2.05) is 31.0 Å². The normalized spacial score (nSPS) is 11.9. The number of nitrogens with one attached hydrogen (secondary N) is 2. The predicted octanol–water partition coefficient (Wildman–Crippen LogP) is 3.46. The molecule has 0 aromatic carbocycles. The first-order chi connectivity index (χ1) is 11.9. The molecule has 0 saturated carbocycles. The van der Waals surface area contributed by atoms with Gasteiger partial charge < -0.3 is 10.2 Å². The first-order valence-corrected chi connectivity index (χ1v) is 11.2. The smallest absolute Gasteiger partial charge is 0.250 e. The third-order valence-corrected chi connectivity index (χ3v) is 7.22. The van der Waals surface area contributed by atoms with Gasteiger partial charge in [-0.3, -0.25) is 4.99 Å². The number of nitrogens with zero attached hydrogens (tertiary/aromatic N) is 2. The third kappa shape index (κ3) is 7.31. The molecular formula is C15H22ClIN4O2S3. The number of aliphatic imine (C=N–C) groups is 1. The molecule has 0 unspecified atom stereocenters. The van der Waals surface area contributed by atoms with Crippen LogP contribution in [0.1, 0.15) is 11.8 Å². The molecule has 2 aromatic heterocycles. The van der Waals surface area contributed by atoms with E-state index in [9.17, 15) is 8.42 Å². The summed E-state index contributed by atoms with van der Waals surface area (Å²) in [5, 5.41) is 4.94. The zero-order valence-electron chi connectivity index (χ0n) is 14.4. The van der Waals surface area contributed by atoms with Gasteiger partial charge >= 0.3 is 0 Å². The molecule has 146 valence electrons. The Hall–Kier alpha value is -0.400. The van der Waals surface area contributed by atoms with E-state index in [4.69, 9.17) is 11.6 Å². The topological polar surface area (TPSA) is 73.8 Å². The summed E-state index contributed by atoms with van der Waals surface area (Å²) >= 11 is 8.69. The van der Waals surface area contributed by atoms with Crippen molar-refractivity contribution in [2.75, 3.05) is 26.7 Å². The number of thiophene rings is 2. The molecule has 26 heavy (non-hydrogen) atoms. The van der Waals surface area contributed by atoms with Crippen molar-refractivity contribution in [3.05, 3.63) is 38.9 Å². The van der Waals surface area contributed by atoms with Gasteiger partial charge in [0, 0.05) is 25.0 Å². The molecule has 0 saturated heterocycles. The molecule has 2 rings (SSSR count). The van der Waals surface area contributed by atoms with E-state index < -0.39 is 10.0 Å². The molecule has 0 radical (unpaired) electrons.